The molecule has 7 heteroatoms. The number of hydrogen-bond acceptors (Lipinski definition) is 4. The number of nitrogens with one attached hydrogen (secondary N) is 1. The summed E-state index contributed by atoms with van der Waals surface area (Å²) in [4.78, 5) is 0. The van der Waals surface area contributed by atoms with E-state index in [2.05, 4.69) is 43.5 Å². The average molecular weight is 262 g/mol. The van der Waals surface area contributed by atoms with Crippen LogP contribution in [-0.2, 0) is 10.4 Å². The summed E-state index contributed by atoms with van der Waals surface area (Å²) in [5.41, 5.74) is 5.31. The van der Waals surface area contributed by atoms with Gasteiger partial charge in [0.25, 0.3) is 0 Å². The number of rotatable bonds is 3. The van der Waals surface area contributed by atoms with Crippen molar-refractivity contribution in [3.8, 4) is 0 Å². The molecule has 1 aromatic rings. The number of hydrogen-bond donors (Lipinski definition) is 4. The SMILES string of the molecule is Cc1ccc(C(C)CNN)cc1.O=S(=O)(O)O. The Labute approximate surface area is 101 Å². The van der Waals surface area contributed by atoms with E-state index in [0.29, 0.717) is 5.92 Å². The van der Waals surface area contributed by atoms with Gasteiger partial charge in [0.2, 0.25) is 0 Å². The number of benzene rings is 1. The van der Waals surface area contributed by atoms with Gasteiger partial charge in [0.1, 0.15) is 0 Å². The molecular formula is C10H18N2O4S. The molecular weight excluding hydrogens is 244 g/mol. The standard InChI is InChI=1S/C10H16N2.H2O4S/c1-8-3-5-10(6-4-8)9(2)7-12-11;1-5(2,3)4/h3-6,9,12H,7,11H2,1-2H3;(H2,1,2,3,4). The van der Waals surface area contributed by atoms with Crippen molar-refractivity contribution >= 4 is 10.4 Å². The van der Waals surface area contributed by atoms with E-state index in [9.17, 15) is 0 Å². The molecule has 98 valence electrons. The van der Waals surface area contributed by atoms with Crippen LogP contribution < -0.4 is 11.3 Å². The molecule has 6 nitrogen and oxygen atoms in total. The Bertz CT molecular complexity index is 408. The minimum Gasteiger partial charge on any atom is -0.271 e. The quantitative estimate of drug-likeness (QED) is 0.366. The predicted molar refractivity (Wildman–Crippen MR) is 66.0 cm³/mol. The highest BCUT2D eigenvalue weighted by Gasteiger charge is 2.02. The van der Waals surface area contributed by atoms with E-state index in [1.807, 2.05) is 0 Å². The van der Waals surface area contributed by atoms with Gasteiger partial charge in [-0.1, -0.05) is 36.8 Å². The molecule has 1 rings (SSSR count). The van der Waals surface area contributed by atoms with Gasteiger partial charge in [0.05, 0.1) is 0 Å². The van der Waals surface area contributed by atoms with Crippen molar-refractivity contribution in [2.45, 2.75) is 19.8 Å². The van der Waals surface area contributed by atoms with Gasteiger partial charge in [-0.25, -0.2) is 0 Å². The lowest BCUT2D eigenvalue weighted by Crippen LogP contribution is -2.26. The fourth-order valence-electron chi connectivity index (χ4n) is 1.19. The molecule has 0 heterocycles. The lowest BCUT2D eigenvalue weighted by atomic mass is 10.0. The van der Waals surface area contributed by atoms with Gasteiger partial charge in [-0.05, 0) is 18.4 Å². The molecule has 17 heavy (non-hydrogen) atoms. The van der Waals surface area contributed by atoms with E-state index in [4.69, 9.17) is 23.4 Å². The maximum Gasteiger partial charge on any atom is 0.394 e. The second-order valence-corrected chi connectivity index (χ2v) is 4.56. The molecule has 1 atom stereocenters. The zero-order valence-corrected chi connectivity index (χ0v) is 10.6. The Morgan fingerprint density at radius 3 is 2.06 bits per heavy atom. The van der Waals surface area contributed by atoms with Gasteiger partial charge in [0, 0.05) is 6.54 Å². The molecule has 0 amide bonds. The Balaban J connectivity index is 0.000000437. The Kier molecular flexibility index (Phi) is 6.93. The zero-order valence-electron chi connectivity index (χ0n) is 9.79. The number of hydrazine groups is 1. The van der Waals surface area contributed by atoms with E-state index < -0.39 is 10.4 Å². The van der Waals surface area contributed by atoms with Crippen LogP contribution in [0.25, 0.3) is 0 Å². The second-order valence-electron chi connectivity index (χ2n) is 3.67. The smallest absolute Gasteiger partial charge is 0.271 e. The first-order valence-corrected chi connectivity index (χ1v) is 6.33. The van der Waals surface area contributed by atoms with Gasteiger partial charge in [-0.2, -0.15) is 8.42 Å². The second kappa shape index (κ2) is 7.36. The fourth-order valence-corrected chi connectivity index (χ4v) is 1.19. The summed E-state index contributed by atoms with van der Waals surface area (Å²) in [5, 5.41) is 0. The predicted octanol–water partition coefficient (Wildman–Crippen LogP) is 0.909. The van der Waals surface area contributed by atoms with Crippen LogP contribution in [0.4, 0.5) is 0 Å². The molecule has 0 saturated carbocycles. The lowest BCUT2D eigenvalue weighted by Gasteiger charge is -2.10. The molecule has 0 aliphatic carbocycles. The molecule has 0 saturated heterocycles. The van der Waals surface area contributed by atoms with Crippen LogP contribution >= 0.6 is 0 Å². The molecule has 5 N–H and O–H groups in total. The highest BCUT2D eigenvalue weighted by atomic mass is 32.3. The van der Waals surface area contributed by atoms with Crippen molar-refractivity contribution in [2.75, 3.05) is 6.54 Å². The lowest BCUT2D eigenvalue weighted by molar-refractivity contribution is 0.381. The molecule has 0 bridgehead atoms. The fraction of sp³-hybridized carbons (Fsp3) is 0.400. The van der Waals surface area contributed by atoms with Crippen molar-refractivity contribution in [1.29, 1.82) is 0 Å². The molecule has 0 aliphatic heterocycles. The minimum absolute atomic E-state index is 0.482. The largest absolute Gasteiger partial charge is 0.394 e. The first kappa shape index (κ1) is 16.0. The van der Waals surface area contributed by atoms with E-state index >= 15 is 0 Å². The van der Waals surface area contributed by atoms with Gasteiger partial charge in [-0.3, -0.25) is 20.4 Å². The topological polar surface area (TPSA) is 113 Å². The van der Waals surface area contributed by atoms with Crippen molar-refractivity contribution in [2.24, 2.45) is 5.84 Å². The Morgan fingerprint density at radius 1 is 1.29 bits per heavy atom. The first-order valence-electron chi connectivity index (χ1n) is 4.94. The van der Waals surface area contributed by atoms with Crippen LogP contribution in [0.1, 0.15) is 24.0 Å². The van der Waals surface area contributed by atoms with E-state index in [1.165, 1.54) is 11.1 Å². The van der Waals surface area contributed by atoms with Crippen LogP contribution in [0.5, 0.6) is 0 Å². The van der Waals surface area contributed by atoms with Crippen molar-refractivity contribution in [3.63, 3.8) is 0 Å². The molecule has 0 spiro atoms. The van der Waals surface area contributed by atoms with Crippen LogP contribution in [0.15, 0.2) is 24.3 Å². The van der Waals surface area contributed by atoms with E-state index in [1.54, 1.807) is 0 Å². The molecule has 0 aliphatic rings. The summed E-state index contributed by atoms with van der Waals surface area (Å²) < 4.78 is 31.6. The summed E-state index contributed by atoms with van der Waals surface area (Å²) in [6, 6.07) is 8.55. The normalized spacial score (nSPS) is 12.5. The summed E-state index contributed by atoms with van der Waals surface area (Å²) in [6.07, 6.45) is 0. The Morgan fingerprint density at radius 2 is 1.71 bits per heavy atom. The van der Waals surface area contributed by atoms with Gasteiger partial charge < -0.3 is 0 Å². The highest BCUT2D eigenvalue weighted by molar-refractivity contribution is 7.79. The summed E-state index contributed by atoms with van der Waals surface area (Å²) >= 11 is 0. The molecule has 0 aromatic heterocycles. The maximum absolute atomic E-state index is 8.74. The zero-order chi connectivity index (χ0) is 13.5. The van der Waals surface area contributed by atoms with Gasteiger partial charge >= 0.3 is 10.4 Å². The van der Waals surface area contributed by atoms with E-state index in [0.717, 1.165) is 6.54 Å². The monoisotopic (exact) mass is 262 g/mol. The maximum atomic E-state index is 8.74. The summed E-state index contributed by atoms with van der Waals surface area (Å²) in [7, 11) is -4.67. The van der Waals surface area contributed by atoms with Crippen LogP contribution in [0, 0.1) is 6.92 Å². The van der Waals surface area contributed by atoms with Crippen LogP contribution in [0.2, 0.25) is 0 Å². The van der Waals surface area contributed by atoms with Crippen molar-refractivity contribution in [3.05, 3.63) is 35.4 Å². The summed E-state index contributed by atoms with van der Waals surface area (Å²) in [5.74, 6) is 5.73. The minimum atomic E-state index is -4.67. The van der Waals surface area contributed by atoms with Crippen LogP contribution in [-0.4, -0.2) is 24.1 Å². The van der Waals surface area contributed by atoms with Gasteiger partial charge in [0.15, 0.2) is 0 Å². The van der Waals surface area contributed by atoms with Crippen molar-refractivity contribution in [1.82, 2.24) is 5.43 Å². The van der Waals surface area contributed by atoms with Crippen molar-refractivity contribution < 1.29 is 17.5 Å². The third-order valence-electron chi connectivity index (χ3n) is 2.07. The molecule has 1 aromatic carbocycles. The van der Waals surface area contributed by atoms with Gasteiger partial charge in [-0.15, -0.1) is 0 Å². The third kappa shape index (κ3) is 9.91. The third-order valence-corrected chi connectivity index (χ3v) is 2.07. The molecule has 0 radical (unpaired) electrons. The number of aryl methyl sites for hydroxylation is 1. The molecule has 0 fully saturated rings. The van der Waals surface area contributed by atoms with E-state index in [-0.39, 0.29) is 0 Å². The summed E-state index contributed by atoms with van der Waals surface area (Å²) in [6.45, 7) is 5.07. The van der Waals surface area contributed by atoms with Crippen LogP contribution in [0.3, 0.4) is 0 Å². The molecule has 1 unspecified atom stereocenters. The highest BCUT2D eigenvalue weighted by Crippen LogP contribution is 2.14. The average Bonchev–Trinajstić information content (AvgIpc) is 2.16. The Hall–Kier alpha value is -0.990. The number of nitrogens with two attached hydrogens (primary N) is 1. The first-order chi connectivity index (χ1) is 7.74.